The van der Waals surface area contributed by atoms with Crippen molar-refractivity contribution < 1.29 is 32.3 Å². The molecule has 0 radical (unpaired) electrons. The number of hydrogen-bond donors (Lipinski definition) is 1. The third-order valence-corrected chi connectivity index (χ3v) is 3.40. The van der Waals surface area contributed by atoms with E-state index in [1.54, 1.807) is 0 Å². The Bertz CT molecular complexity index is 763. The number of amides is 1. The van der Waals surface area contributed by atoms with Gasteiger partial charge >= 0.3 is 12.1 Å². The van der Waals surface area contributed by atoms with Crippen molar-refractivity contribution in [2.24, 2.45) is 0 Å². The lowest BCUT2D eigenvalue weighted by atomic mass is 10.1. The van der Waals surface area contributed by atoms with Crippen LogP contribution in [-0.4, -0.2) is 28.9 Å². The first-order valence-corrected chi connectivity index (χ1v) is 6.85. The van der Waals surface area contributed by atoms with Crippen LogP contribution in [0, 0.1) is 6.92 Å². The van der Waals surface area contributed by atoms with Gasteiger partial charge in [0.15, 0.2) is 0 Å². The summed E-state index contributed by atoms with van der Waals surface area (Å²) in [6.07, 6.45) is -4.47. The number of halogens is 3. The summed E-state index contributed by atoms with van der Waals surface area (Å²) in [4.78, 5) is 24.4. The summed E-state index contributed by atoms with van der Waals surface area (Å²) in [5, 5.41) is 8.96. The molecule has 0 atom stereocenters. The zero-order chi connectivity index (χ0) is 18.1. The first-order valence-electron chi connectivity index (χ1n) is 6.85. The van der Waals surface area contributed by atoms with Gasteiger partial charge in [-0.05, 0) is 37.3 Å². The van der Waals surface area contributed by atoms with Gasteiger partial charge in [-0.3, -0.25) is 4.79 Å². The van der Waals surface area contributed by atoms with Gasteiger partial charge < -0.3 is 14.4 Å². The van der Waals surface area contributed by atoms with Gasteiger partial charge in [-0.25, -0.2) is 4.79 Å². The molecule has 1 heterocycles. The second-order valence-corrected chi connectivity index (χ2v) is 5.22. The minimum atomic E-state index is -4.47. The maximum absolute atomic E-state index is 12.5. The fourth-order valence-corrected chi connectivity index (χ4v) is 2.16. The van der Waals surface area contributed by atoms with Crippen LogP contribution < -0.4 is 0 Å². The van der Waals surface area contributed by atoms with E-state index >= 15 is 0 Å². The lowest BCUT2D eigenvalue weighted by Gasteiger charge is -2.16. The van der Waals surface area contributed by atoms with Crippen LogP contribution in [0.4, 0.5) is 13.2 Å². The maximum Gasteiger partial charge on any atom is 0.416 e. The monoisotopic (exact) mass is 341 g/mol. The molecule has 0 aliphatic heterocycles. The Morgan fingerprint density at radius 1 is 1.21 bits per heavy atom. The van der Waals surface area contributed by atoms with Crippen molar-refractivity contribution in [3.63, 3.8) is 0 Å². The number of carboxylic acid groups (broad SMARTS) is 1. The number of carbonyl (C=O) groups excluding carboxylic acids is 1. The van der Waals surface area contributed by atoms with Crippen LogP contribution in [0.2, 0.25) is 0 Å². The van der Waals surface area contributed by atoms with Gasteiger partial charge in [0.2, 0.25) is 0 Å². The van der Waals surface area contributed by atoms with Crippen LogP contribution in [0.25, 0.3) is 0 Å². The number of hydrogen-bond acceptors (Lipinski definition) is 3. The highest BCUT2D eigenvalue weighted by molar-refractivity contribution is 5.94. The molecule has 1 aromatic heterocycles. The third-order valence-electron chi connectivity index (χ3n) is 3.40. The van der Waals surface area contributed by atoms with Crippen molar-refractivity contribution in [3.05, 3.63) is 58.5 Å². The van der Waals surface area contributed by atoms with Gasteiger partial charge in [0.1, 0.15) is 17.1 Å². The Hall–Kier alpha value is -2.77. The number of aryl methyl sites for hydroxylation is 1. The summed E-state index contributed by atoms with van der Waals surface area (Å²) in [6, 6.07) is 5.17. The highest BCUT2D eigenvalue weighted by Crippen LogP contribution is 2.29. The molecule has 0 aliphatic rings. The fourth-order valence-electron chi connectivity index (χ4n) is 2.16. The summed E-state index contributed by atoms with van der Waals surface area (Å²) < 4.78 is 42.8. The number of rotatable bonds is 4. The summed E-state index contributed by atoms with van der Waals surface area (Å²) in [5.41, 5.74) is -0.748. The van der Waals surface area contributed by atoms with E-state index in [4.69, 9.17) is 9.52 Å². The van der Waals surface area contributed by atoms with Crippen molar-refractivity contribution in [1.29, 1.82) is 0 Å². The minimum Gasteiger partial charge on any atom is -0.478 e. The summed E-state index contributed by atoms with van der Waals surface area (Å²) >= 11 is 0. The standard InChI is InChI=1S/C16H14F3NO4/c1-9-13(15(22)23)7-12(24-9)8-20(2)14(21)10-3-5-11(6-4-10)16(17,18)19/h3-7H,8H2,1-2H3,(H,22,23). The highest BCUT2D eigenvalue weighted by atomic mass is 19.4. The number of benzene rings is 1. The molecular weight excluding hydrogens is 327 g/mol. The third kappa shape index (κ3) is 3.76. The molecule has 1 amide bonds. The lowest BCUT2D eigenvalue weighted by molar-refractivity contribution is -0.137. The summed E-state index contributed by atoms with van der Waals surface area (Å²) in [7, 11) is 1.44. The molecule has 2 rings (SSSR count). The molecule has 0 saturated carbocycles. The van der Waals surface area contributed by atoms with Crippen molar-refractivity contribution in [2.45, 2.75) is 19.6 Å². The van der Waals surface area contributed by atoms with Crippen LogP contribution >= 0.6 is 0 Å². The predicted molar refractivity (Wildman–Crippen MR) is 77.6 cm³/mol. The van der Waals surface area contributed by atoms with Crippen molar-refractivity contribution in [3.8, 4) is 0 Å². The normalized spacial score (nSPS) is 11.4. The second-order valence-electron chi connectivity index (χ2n) is 5.22. The van der Waals surface area contributed by atoms with E-state index in [1.807, 2.05) is 0 Å². The number of carboxylic acids is 1. The molecule has 24 heavy (non-hydrogen) atoms. The largest absolute Gasteiger partial charge is 0.478 e. The van der Waals surface area contributed by atoms with E-state index in [9.17, 15) is 22.8 Å². The Morgan fingerprint density at radius 2 is 1.79 bits per heavy atom. The number of furan rings is 1. The average molecular weight is 341 g/mol. The van der Waals surface area contributed by atoms with E-state index in [1.165, 1.54) is 24.9 Å². The van der Waals surface area contributed by atoms with Crippen LogP contribution in [0.3, 0.4) is 0 Å². The molecule has 2 aromatic rings. The number of nitrogens with zero attached hydrogens (tertiary/aromatic N) is 1. The fraction of sp³-hybridized carbons (Fsp3) is 0.250. The van der Waals surface area contributed by atoms with Gasteiger partial charge in [-0.1, -0.05) is 0 Å². The quantitative estimate of drug-likeness (QED) is 0.923. The molecule has 1 N–H and O–H groups in total. The average Bonchev–Trinajstić information content (AvgIpc) is 2.86. The molecule has 0 fully saturated rings. The van der Waals surface area contributed by atoms with Crippen LogP contribution in [0.5, 0.6) is 0 Å². The van der Waals surface area contributed by atoms with E-state index < -0.39 is 23.6 Å². The van der Waals surface area contributed by atoms with Crippen molar-refractivity contribution in [2.75, 3.05) is 7.05 Å². The molecule has 8 heteroatoms. The van der Waals surface area contributed by atoms with E-state index in [-0.39, 0.29) is 29.2 Å². The molecule has 0 unspecified atom stereocenters. The van der Waals surface area contributed by atoms with Crippen molar-refractivity contribution >= 4 is 11.9 Å². The Morgan fingerprint density at radius 3 is 2.25 bits per heavy atom. The van der Waals surface area contributed by atoms with Crippen LogP contribution in [0.15, 0.2) is 34.7 Å². The van der Waals surface area contributed by atoms with Gasteiger partial charge in [-0.2, -0.15) is 13.2 Å². The van der Waals surface area contributed by atoms with Gasteiger partial charge in [0.05, 0.1) is 12.1 Å². The number of alkyl halides is 3. The van der Waals surface area contributed by atoms with Crippen molar-refractivity contribution in [1.82, 2.24) is 4.90 Å². The zero-order valence-corrected chi connectivity index (χ0v) is 12.8. The molecular formula is C16H14F3NO4. The molecule has 0 saturated heterocycles. The first kappa shape index (κ1) is 17.6. The Balaban J connectivity index is 2.12. The van der Waals surface area contributed by atoms with E-state index in [2.05, 4.69) is 0 Å². The van der Waals surface area contributed by atoms with Crippen LogP contribution in [-0.2, 0) is 12.7 Å². The summed E-state index contributed by atoms with van der Waals surface area (Å²) in [6.45, 7) is 1.48. The minimum absolute atomic E-state index is 0.000351. The molecule has 5 nitrogen and oxygen atoms in total. The Labute approximate surface area is 135 Å². The first-order chi connectivity index (χ1) is 11.1. The molecule has 0 spiro atoms. The molecule has 1 aromatic carbocycles. The maximum atomic E-state index is 12.5. The van der Waals surface area contributed by atoms with Gasteiger partial charge in [0.25, 0.3) is 5.91 Å². The zero-order valence-electron chi connectivity index (χ0n) is 12.8. The smallest absolute Gasteiger partial charge is 0.416 e. The SMILES string of the molecule is Cc1oc(CN(C)C(=O)c2ccc(C(F)(F)F)cc2)cc1C(=O)O. The van der Waals surface area contributed by atoms with Gasteiger partial charge in [0, 0.05) is 12.6 Å². The molecule has 0 aliphatic carbocycles. The van der Waals surface area contributed by atoms with E-state index in [0.717, 1.165) is 24.3 Å². The molecule has 128 valence electrons. The number of carbonyl (C=O) groups is 2. The molecule has 0 bridgehead atoms. The topological polar surface area (TPSA) is 70.8 Å². The van der Waals surface area contributed by atoms with Crippen LogP contribution in [0.1, 0.15) is 37.8 Å². The predicted octanol–water partition coefficient (Wildman–Crippen LogP) is 3.58. The lowest BCUT2D eigenvalue weighted by Crippen LogP contribution is -2.26. The second kappa shape index (κ2) is 6.38. The summed E-state index contributed by atoms with van der Waals surface area (Å²) in [5.74, 6) is -1.16. The van der Waals surface area contributed by atoms with Gasteiger partial charge in [-0.15, -0.1) is 0 Å². The number of aromatic carboxylic acids is 1. The highest BCUT2D eigenvalue weighted by Gasteiger charge is 2.30. The Kier molecular flexibility index (Phi) is 4.68. The van der Waals surface area contributed by atoms with E-state index in [0.29, 0.717) is 0 Å².